The van der Waals surface area contributed by atoms with Crippen molar-refractivity contribution in [2.24, 2.45) is 0 Å². The maximum absolute atomic E-state index is 8.89. The molecule has 19 heavy (non-hydrogen) atoms. The van der Waals surface area contributed by atoms with Crippen LogP contribution >= 0.6 is 0 Å². The molecule has 2 N–H and O–H groups in total. The van der Waals surface area contributed by atoms with Crippen molar-refractivity contribution in [2.75, 3.05) is 5.73 Å². The molecule has 3 aromatic rings. The lowest BCUT2D eigenvalue weighted by Crippen LogP contribution is -2.02. The Hall–Kier alpha value is -3.07. The van der Waals surface area contributed by atoms with Gasteiger partial charge in [0.25, 0.3) is 0 Å². The summed E-state index contributed by atoms with van der Waals surface area (Å²) in [5.74, 6) is 0.922. The molecule has 0 spiro atoms. The highest BCUT2D eigenvalue weighted by molar-refractivity contribution is 5.66. The average molecular weight is 251 g/mol. The van der Waals surface area contributed by atoms with Crippen LogP contribution in [-0.2, 0) is 0 Å². The first-order valence-corrected chi connectivity index (χ1v) is 5.55. The number of hydrogen-bond acceptors (Lipinski definition) is 5. The van der Waals surface area contributed by atoms with Crippen LogP contribution in [-0.4, -0.2) is 15.0 Å². The minimum absolute atomic E-state index is 0.366. The highest BCUT2D eigenvalue weighted by Crippen LogP contribution is 2.25. The van der Waals surface area contributed by atoms with Crippen molar-refractivity contribution in [2.45, 2.75) is 0 Å². The zero-order chi connectivity index (χ0) is 13.2. The first-order chi connectivity index (χ1) is 9.29. The van der Waals surface area contributed by atoms with Gasteiger partial charge in [0.15, 0.2) is 17.3 Å². The molecule has 2 aromatic heterocycles. The maximum Gasteiger partial charge on any atom is 0.172 e. The molecule has 2 heterocycles. The Kier molecular flexibility index (Phi) is 2.50. The summed E-state index contributed by atoms with van der Waals surface area (Å²) in [7, 11) is 0. The second-order valence-corrected chi connectivity index (χ2v) is 3.87. The lowest BCUT2D eigenvalue weighted by Gasteiger charge is -2.02. The number of hydrogen-bond donors (Lipinski definition) is 1. The van der Waals surface area contributed by atoms with E-state index in [1.807, 2.05) is 0 Å². The van der Waals surface area contributed by atoms with E-state index >= 15 is 0 Å². The quantitative estimate of drug-likeness (QED) is 0.751. The van der Waals surface area contributed by atoms with Crippen molar-refractivity contribution < 1.29 is 4.42 Å². The highest BCUT2D eigenvalue weighted by Gasteiger charge is 2.15. The van der Waals surface area contributed by atoms with Crippen molar-refractivity contribution >= 4 is 5.82 Å². The molecule has 92 valence electrons. The van der Waals surface area contributed by atoms with Crippen LogP contribution in [0.2, 0.25) is 0 Å². The summed E-state index contributed by atoms with van der Waals surface area (Å²) in [4.78, 5) is 0. The van der Waals surface area contributed by atoms with Crippen LogP contribution in [0.1, 0.15) is 5.56 Å². The van der Waals surface area contributed by atoms with E-state index in [0.717, 1.165) is 0 Å². The van der Waals surface area contributed by atoms with E-state index in [9.17, 15) is 0 Å². The molecule has 0 amide bonds. The van der Waals surface area contributed by atoms with Gasteiger partial charge < -0.3 is 10.2 Å². The second-order valence-electron chi connectivity index (χ2n) is 3.87. The first-order valence-electron chi connectivity index (χ1n) is 5.55. The fraction of sp³-hybridized carbons (Fsp3) is 0. The molecular formula is C13H9N5O. The van der Waals surface area contributed by atoms with Gasteiger partial charge >= 0.3 is 0 Å². The molecule has 0 unspecified atom stereocenters. The zero-order valence-corrected chi connectivity index (χ0v) is 9.82. The molecule has 0 aliphatic heterocycles. The highest BCUT2D eigenvalue weighted by atomic mass is 16.3. The van der Waals surface area contributed by atoms with Crippen molar-refractivity contribution in [3.63, 3.8) is 0 Å². The van der Waals surface area contributed by atoms with Crippen LogP contribution in [0.3, 0.4) is 0 Å². The van der Waals surface area contributed by atoms with E-state index < -0.39 is 0 Å². The van der Waals surface area contributed by atoms with Crippen LogP contribution in [0.15, 0.2) is 47.1 Å². The number of rotatable bonds is 2. The predicted molar refractivity (Wildman–Crippen MR) is 68.2 cm³/mol. The van der Waals surface area contributed by atoms with Gasteiger partial charge in [-0.1, -0.05) is 11.3 Å². The lowest BCUT2D eigenvalue weighted by atomic mass is 10.2. The van der Waals surface area contributed by atoms with Crippen molar-refractivity contribution in [3.05, 3.63) is 48.2 Å². The number of benzene rings is 1. The molecule has 0 bridgehead atoms. The largest absolute Gasteiger partial charge is 0.463 e. The molecule has 0 saturated heterocycles. The molecule has 6 heteroatoms. The maximum atomic E-state index is 8.89. The summed E-state index contributed by atoms with van der Waals surface area (Å²) in [6, 6.07) is 12.6. The third kappa shape index (κ3) is 1.83. The van der Waals surface area contributed by atoms with Crippen LogP contribution in [0.4, 0.5) is 5.82 Å². The average Bonchev–Trinajstić information content (AvgIpc) is 3.08. The Bertz CT molecular complexity index is 752. The number of anilines is 1. The number of nitriles is 1. The summed E-state index contributed by atoms with van der Waals surface area (Å²) in [5, 5.41) is 16.9. The molecule has 6 nitrogen and oxygen atoms in total. The smallest absolute Gasteiger partial charge is 0.172 e. The molecular weight excluding hydrogens is 242 g/mol. The Balaban J connectivity index is 2.10. The molecule has 0 aliphatic rings. The van der Waals surface area contributed by atoms with Crippen LogP contribution in [0.5, 0.6) is 0 Å². The van der Waals surface area contributed by atoms with Crippen molar-refractivity contribution in [3.8, 4) is 23.2 Å². The molecule has 0 radical (unpaired) electrons. The fourth-order valence-corrected chi connectivity index (χ4v) is 1.78. The number of aromatic nitrogens is 3. The minimum atomic E-state index is 0.366. The van der Waals surface area contributed by atoms with Gasteiger partial charge in [-0.05, 0) is 30.3 Å². The van der Waals surface area contributed by atoms with Gasteiger partial charge in [-0.15, -0.1) is 5.10 Å². The van der Waals surface area contributed by atoms with Gasteiger partial charge in [0.05, 0.1) is 23.6 Å². The Morgan fingerprint density at radius 2 is 2.16 bits per heavy atom. The Morgan fingerprint density at radius 3 is 2.89 bits per heavy atom. The summed E-state index contributed by atoms with van der Waals surface area (Å²) < 4.78 is 6.72. The molecule has 0 fully saturated rings. The normalized spacial score (nSPS) is 10.3. The Labute approximate surface area is 108 Å². The standard InChI is InChI=1S/C13H9N5O/c14-8-9-3-1-4-10(7-9)18-13(15)12(16-17-18)11-5-2-6-19-11/h1-7H,15H2. The van der Waals surface area contributed by atoms with Crippen LogP contribution in [0, 0.1) is 11.3 Å². The summed E-state index contributed by atoms with van der Waals surface area (Å²) in [5.41, 5.74) is 7.71. The van der Waals surface area contributed by atoms with Gasteiger partial charge in [-0.25, -0.2) is 0 Å². The van der Waals surface area contributed by atoms with E-state index in [1.165, 1.54) is 4.68 Å². The molecule has 0 atom stereocenters. The summed E-state index contributed by atoms with van der Waals surface area (Å²) in [6.45, 7) is 0. The zero-order valence-electron chi connectivity index (χ0n) is 9.82. The third-order valence-electron chi connectivity index (χ3n) is 2.68. The fourth-order valence-electron chi connectivity index (χ4n) is 1.78. The van der Waals surface area contributed by atoms with E-state index in [4.69, 9.17) is 15.4 Å². The molecule has 0 saturated carbocycles. The number of furan rings is 1. The van der Waals surface area contributed by atoms with Crippen molar-refractivity contribution in [1.82, 2.24) is 15.0 Å². The van der Waals surface area contributed by atoms with E-state index in [-0.39, 0.29) is 0 Å². The second kappa shape index (κ2) is 4.31. The molecule has 1 aromatic carbocycles. The molecule has 0 aliphatic carbocycles. The van der Waals surface area contributed by atoms with Crippen molar-refractivity contribution in [1.29, 1.82) is 5.26 Å². The number of nitrogens with two attached hydrogens (primary N) is 1. The van der Waals surface area contributed by atoms with E-state index in [0.29, 0.717) is 28.5 Å². The summed E-state index contributed by atoms with van der Waals surface area (Å²) >= 11 is 0. The van der Waals surface area contributed by atoms with Gasteiger partial charge in [-0.3, -0.25) is 0 Å². The van der Waals surface area contributed by atoms with E-state index in [2.05, 4.69) is 16.4 Å². The Morgan fingerprint density at radius 1 is 1.26 bits per heavy atom. The van der Waals surface area contributed by atoms with Crippen LogP contribution < -0.4 is 5.73 Å². The summed E-state index contributed by atoms with van der Waals surface area (Å²) in [6.07, 6.45) is 1.55. The van der Waals surface area contributed by atoms with E-state index in [1.54, 1.807) is 42.7 Å². The van der Waals surface area contributed by atoms with Gasteiger partial charge in [-0.2, -0.15) is 9.94 Å². The SMILES string of the molecule is N#Cc1cccc(-n2nnc(-c3ccco3)c2N)c1. The lowest BCUT2D eigenvalue weighted by molar-refractivity contribution is 0.580. The minimum Gasteiger partial charge on any atom is -0.463 e. The predicted octanol–water partition coefficient (Wildman–Crippen LogP) is 1.98. The topological polar surface area (TPSA) is 93.7 Å². The number of nitrogen functional groups attached to an aromatic ring is 1. The van der Waals surface area contributed by atoms with Gasteiger partial charge in [0.2, 0.25) is 0 Å². The van der Waals surface area contributed by atoms with Gasteiger partial charge in [0.1, 0.15) is 0 Å². The first kappa shape index (κ1) is 11.0. The number of nitrogens with zero attached hydrogens (tertiary/aromatic N) is 4. The monoisotopic (exact) mass is 251 g/mol. The van der Waals surface area contributed by atoms with Gasteiger partial charge in [0, 0.05) is 0 Å². The molecule has 3 rings (SSSR count). The van der Waals surface area contributed by atoms with Crippen LogP contribution in [0.25, 0.3) is 17.1 Å². The third-order valence-corrected chi connectivity index (χ3v) is 2.68.